The van der Waals surface area contributed by atoms with Crippen LogP contribution in [0.3, 0.4) is 0 Å². The first-order chi connectivity index (χ1) is 10.2. The number of nitrogens with one attached hydrogen (secondary N) is 1. The number of rotatable bonds is 5. The molecule has 2 fully saturated rings. The van der Waals surface area contributed by atoms with Crippen LogP contribution >= 0.6 is 0 Å². The predicted octanol–water partition coefficient (Wildman–Crippen LogP) is 3.00. The summed E-state index contributed by atoms with van der Waals surface area (Å²) in [6, 6.07) is 0. The molecular weight excluding hydrogens is 276 g/mol. The van der Waals surface area contributed by atoms with E-state index in [1.807, 2.05) is 20.8 Å². The van der Waals surface area contributed by atoms with Gasteiger partial charge >= 0.3 is 0 Å². The molecule has 0 aliphatic heterocycles. The van der Waals surface area contributed by atoms with Gasteiger partial charge in [0.2, 0.25) is 11.8 Å². The Morgan fingerprint density at radius 3 is 2.18 bits per heavy atom. The minimum Gasteiger partial charge on any atom is -0.369 e. The highest BCUT2D eigenvalue weighted by Crippen LogP contribution is 2.50. The highest BCUT2D eigenvalue weighted by Gasteiger charge is 2.51. The lowest BCUT2D eigenvalue weighted by molar-refractivity contribution is -0.144. The second-order valence-electron chi connectivity index (χ2n) is 8.58. The second-order valence-corrected chi connectivity index (χ2v) is 8.58. The lowest BCUT2D eigenvalue weighted by Gasteiger charge is -2.41. The molecule has 3 atom stereocenters. The molecule has 4 heteroatoms. The van der Waals surface area contributed by atoms with Gasteiger partial charge in [-0.15, -0.1) is 0 Å². The van der Waals surface area contributed by atoms with E-state index in [1.54, 1.807) is 0 Å². The summed E-state index contributed by atoms with van der Waals surface area (Å²) in [5, 5.41) is 3.10. The Kier molecular flexibility index (Phi) is 4.88. The highest BCUT2D eigenvalue weighted by atomic mass is 16.2. The number of amides is 2. The molecule has 0 aromatic heterocycles. The van der Waals surface area contributed by atoms with E-state index < -0.39 is 5.41 Å². The van der Waals surface area contributed by atoms with Gasteiger partial charge in [0.05, 0.1) is 11.3 Å². The zero-order chi connectivity index (χ0) is 16.5. The molecule has 2 aliphatic rings. The lowest BCUT2D eigenvalue weighted by Crippen LogP contribution is -2.53. The van der Waals surface area contributed by atoms with Gasteiger partial charge in [-0.3, -0.25) is 9.59 Å². The molecule has 2 rings (SSSR count). The number of hydrogen-bond donors (Lipinski definition) is 2. The molecular formula is C18H32N2O2. The van der Waals surface area contributed by atoms with Crippen molar-refractivity contribution in [2.24, 2.45) is 28.9 Å². The first-order valence-electron chi connectivity index (χ1n) is 8.78. The molecule has 4 nitrogen and oxygen atoms in total. The molecule has 0 saturated heterocycles. The summed E-state index contributed by atoms with van der Waals surface area (Å²) in [7, 11) is 0. The predicted molar refractivity (Wildman–Crippen MR) is 88.0 cm³/mol. The van der Waals surface area contributed by atoms with E-state index >= 15 is 0 Å². The lowest BCUT2D eigenvalue weighted by atomic mass is 9.63. The summed E-state index contributed by atoms with van der Waals surface area (Å²) in [5.74, 6) is 0.744. The van der Waals surface area contributed by atoms with Gasteiger partial charge in [0.25, 0.3) is 0 Å². The van der Waals surface area contributed by atoms with Crippen LogP contribution in [-0.2, 0) is 9.59 Å². The van der Waals surface area contributed by atoms with Crippen molar-refractivity contribution in [2.75, 3.05) is 0 Å². The normalized spacial score (nSPS) is 28.7. The average Bonchev–Trinajstić information content (AvgIpc) is 3.10. The second kappa shape index (κ2) is 6.21. The van der Waals surface area contributed by atoms with E-state index in [0.29, 0.717) is 11.8 Å². The number of carbonyl (C=O) groups is 2. The van der Waals surface area contributed by atoms with Crippen molar-refractivity contribution in [3.8, 4) is 0 Å². The SMILES string of the molecule is CC1CC1C[C@@H](C(=O)NC(C)(C)C)C1(C(N)=O)CCCCC1. The molecule has 0 aromatic rings. The monoisotopic (exact) mass is 308 g/mol. The fraction of sp³-hybridized carbons (Fsp3) is 0.889. The smallest absolute Gasteiger partial charge is 0.224 e. The summed E-state index contributed by atoms with van der Waals surface area (Å²) >= 11 is 0. The summed E-state index contributed by atoms with van der Waals surface area (Å²) in [6.07, 6.45) is 6.67. The van der Waals surface area contributed by atoms with Crippen molar-refractivity contribution in [1.29, 1.82) is 0 Å². The van der Waals surface area contributed by atoms with E-state index in [4.69, 9.17) is 5.73 Å². The molecule has 2 unspecified atom stereocenters. The fourth-order valence-corrected chi connectivity index (χ4v) is 4.02. The van der Waals surface area contributed by atoms with Crippen LogP contribution in [0.2, 0.25) is 0 Å². The Bertz CT molecular complexity index is 433. The third-order valence-corrected chi connectivity index (χ3v) is 5.53. The van der Waals surface area contributed by atoms with Crippen LogP contribution in [0.1, 0.15) is 72.6 Å². The Labute approximate surface area is 134 Å². The summed E-state index contributed by atoms with van der Waals surface area (Å²) in [6.45, 7) is 8.18. The van der Waals surface area contributed by atoms with Gasteiger partial charge in [0, 0.05) is 5.54 Å². The number of nitrogens with two attached hydrogens (primary N) is 1. The van der Waals surface area contributed by atoms with Gasteiger partial charge < -0.3 is 11.1 Å². The molecule has 0 spiro atoms. The Hall–Kier alpha value is -1.06. The molecule has 0 radical (unpaired) electrons. The van der Waals surface area contributed by atoms with Crippen LogP contribution in [0.15, 0.2) is 0 Å². The Morgan fingerprint density at radius 2 is 1.77 bits per heavy atom. The van der Waals surface area contributed by atoms with Gasteiger partial charge in [0.15, 0.2) is 0 Å². The first kappa shape index (κ1) is 17.3. The molecule has 2 amide bonds. The zero-order valence-electron chi connectivity index (χ0n) is 14.6. The van der Waals surface area contributed by atoms with Gasteiger partial charge in [-0.25, -0.2) is 0 Å². The molecule has 2 aliphatic carbocycles. The Balaban J connectivity index is 2.24. The maximum Gasteiger partial charge on any atom is 0.224 e. The molecule has 0 heterocycles. The van der Waals surface area contributed by atoms with E-state index in [9.17, 15) is 9.59 Å². The quantitative estimate of drug-likeness (QED) is 0.819. The van der Waals surface area contributed by atoms with Gasteiger partial charge in [0.1, 0.15) is 0 Å². The third kappa shape index (κ3) is 3.82. The highest BCUT2D eigenvalue weighted by molar-refractivity contribution is 5.90. The maximum absolute atomic E-state index is 12.9. The minimum absolute atomic E-state index is 0.0206. The van der Waals surface area contributed by atoms with Crippen molar-refractivity contribution in [3.63, 3.8) is 0 Å². The summed E-state index contributed by atoms with van der Waals surface area (Å²) in [5.41, 5.74) is 4.91. The summed E-state index contributed by atoms with van der Waals surface area (Å²) in [4.78, 5) is 25.2. The molecule has 0 aromatic carbocycles. The van der Waals surface area contributed by atoms with Crippen LogP contribution in [-0.4, -0.2) is 17.4 Å². The van der Waals surface area contributed by atoms with Crippen molar-refractivity contribution >= 4 is 11.8 Å². The number of carbonyl (C=O) groups excluding carboxylic acids is 2. The topological polar surface area (TPSA) is 72.2 Å². The molecule has 0 bridgehead atoms. The van der Waals surface area contributed by atoms with Gasteiger partial charge in [-0.05, 0) is 58.3 Å². The van der Waals surface area contributed by atoms with Crippen molar-refractivity contribution in [1.82, 2.24) is 5.32 Å². The maximum atomic E-state index is 12.9. The van der Waals surface area contributed by atoms with E-state index in [2.05, 4.69) is 12.2 Å². The molecule has 22 heavy (non-hydrogen) atoms. The number of primary amides is 1. The molecule has 2 saturated carbocycles. The van der Waals surface area contributed by atoms with Crippen LogP contribution < -0.4 is 11.1 Å². The standard InChI is InChI=1S/C18H32N2O2/c1-12-10-13(12)11-14(15(21)20-17(2,3)4)18(16(19)22)8-6-5-7-9-18/h12-14H,5-11H2,1-4H3,(H2,19,22)(H,20,21)/t12?,13?,14-/m0/s1. The van der Waals surface area contributed by atoms with Crippen molar-refractivity contribution < 1.29 is 9.59 Å². The van der Waals surface area contributed by atoms with Crippen LogP contribution in [0.5, 0.6) is 0 Å². The van der Waals surface area contributed by atoms with Crippen molar-refractivity contribution in [3.05, 3.63) is 0 Å². The van der Waals surface area contributed by atoms with Crippen molar-refractivity contribution in [2.45, 2.75) is 78.2 Å². The van der Waals surface area contributed by atoms with Crippen LogP contribution in [0.25, 0.3) is 0 Å². The zero-order valence-corrected chi connectivity index (χ0v) is 14.6. The largest absolute Gasteiger partial charge is 0.369 e. The molecule has 126 valence electrons. The third-order valence-electron chi connectivity index (χ3n) is 5.53. The van der Waals surface area contributed by atoms with E-state index in [0.717, 1.165) is 38.5 Å². The van der Waals surface area contributed by atoms with E-state index in [1.165, 1.54) is 6.42 Å². The van der Waals surface area contributed by atoms with Gasteiger partial charge in [-0.1, -0.05) is 26.2 Å². The van der Waals surface area contributed by atoms with Crippen LogP contribution in [0, 0.1) is 23.2 Å². The molecule has 3 N–H and O–H groups in total. The van der Waals surface area contributed by atoms with E-state index in [-0.39, 0.29) is 23.3 Å². The van der Waals surface area contributed by atoms with Gasteiger partial charge in [-0.2, -0.15) is 0 Å². The number of hydrogen-bond acceptors (Lipinski definition) is 2. The minimum atomic E-state index is -0.629. The Morgan fingerprint density at radius 1 is 1.23 bits per heavy atom. The first-order valence-corrected chi connectivity index (χ1v) is 8.78. The summed E-state index contributed by atoms with van der Waals surface area (Å²) < 4.78 is 0. The fourth-order valence-electron chi connectivity index (χ4n) is 4.02. The average molecular weight is 308 g/mol. The van der Waals surface area contributed by atoms with Crippen LogP contribution in [0.4, 0.5) is 0 Å².